The maximum absolute atomic E-state index is 13.2. The molecule has 5 heteroatoms. The number of H-pyrrole nitrogens is 1. The Morgan fingerprint density at radius 3 is 2.78 bits per heavy atom. The van der Waals surface area contributed by atoms with Crippen LogP contribution >= 0.6 is 0 Å². The Bertz CT molecular complexity index is 719. The van der Waals surface area contributed by atoms with Crippen LogP contribution in [0.3, 0.4) is 0 Å². The van der Waals surface area contributed by atoms with Gasteiger partial charge in [0.2, 0.25) is 0 Å². The molecule has 1 heterocycles. The van der Waals surface area contributed by atoms with Crippen LogP contribution in [-0.2, 0) is 6.54 Å². The topological polar surface area (TPSA) is 65.1 Å². The highest BCUT2D eigenvalue weighted by atomic mass is 19.1. The lowest BCUT2D eigenvalue weighted by Crippen LogP contribution is -2.27. The normalized spacial score (nSPS) is 13.4. The van der Waals surface area contributed by atoms with Gasteiger partial charge in [0.1, 0.15) is 5.82 Å². The molecular weight excluding hydrogens is 295 g/mol. The number of halogens is 1. The second kappa shape index (κ2) is 7.23. The van der Waals surface area contributed by atoms with Gasteiger partial charge in [0, 0.05) is 35.2 Å². The summed E-state index contributed by atoms with van der Waals surface area (Å²) in [6.45, 7) is 6.26. The Morgan fingerprint density at radius 1 is 1.35 bits per heavy atom. The van der Waals surface area contributed by atoms with Gasteiger partial charge in [-0.25, -0.2) is 4.39 Å². The molecular formula is C18H25FN2O2. The Labute approximate surface area is 135 Å². The summed E-state index contributed by atoms with van der Waals surface area (Å²) in [4.78, 5) is 15.2. The van der Waals surface area contributed by atoms with E-state index in [2.05, 4.69) is 17.2 Å². The van der Waals surface area contributed by atoms with Crippen LogP contribution in [0.4, 0.5) is 4.39 Å². The quantitative estimate of drug-likeness (QED) is 0.734. The second-order valence-corrected chi connectivity index (χ2v) is 6.84. The molecule has 0 aliphatic carbocycles. The SMILES string of the molecule is C[C@@H](CCCC(C)(C)O)NCc1cc(=O)c2cc(F)ccc2[nH]1. The van der Waals surface area contributed by atoms with E-state index >= 15 is 0 Å². The van der Waals surface area contributed by atoms with E-state index in [-0.39, 0.29) is 11.5 Å². The fraction of sp³-hybridized carbons (Fsp3) is 0.500. The highest BCUT2D eigenvalue weighted by Crippen LogP contribution is 2.14. The van der Waals surface area contributed by atoms with E-state index in [4.69, 9.17) is 0 Å². The third-order valence-corrected chi connectivity index (χ3v) is 3.91. The van der Waals surface area contributed by atoms with Gasteiger partial charge in [0.25, 0.3) is 0 Å². The first kappa shape index (κ1) is 17.6. The summed E-state index contributed by atoms with van der Waals surface area (Å²) in [5.74, 6) is -0.408. The largest absolute Gasteiger partial charge is 0.390 e. The van der Waals surface area contributed by atoms with E-state index in [0.29, 0.717) is 17.4 Å². The molecule has 0 fully saturated rings. The van der Waals surface area contributed by atoms with Gasteiger partial charge >= 0.3 is 0 Å². The Morgan fingerprint density at radius 2 is 2.09 bits per heavy atom. The molecule has 1 aromatic carbocycles. The fourth-order valence-electron chi connectivity index (χ4n) is 2.60. The molecule has 2 rings (SSSR count). The van der Waals surface area contributed by atoms with Gasteiger partial charge in [0.05, 0.1) is 5.60 Å². The maximum Gasteiger partial charge on any atom is 0.189 e. The standard InChI is InChI=1S/C18H25FN2O2/c1-12(5-4-8-18(2,3)23)20-11-14-10-17(22)15-9-13(19)6-7-16(15)21-14/h6-7,9-10,12,20,23H,4-5,8,11H2,1-3H3,(H,21,22)/t12-/m0/s1. The van der Waals surface area contributed by atoms with Crippen molar-refractivity contribution in [1.29, 1.82) is 0 Å². The zero-order chi connectivity index (χ0) is 17.0. The number of nitrogens with one attached hydrogen (secondary N) is 2. The number of aromatic amines is 1. The summed E-state index contributed by atoms with van der Waals surface area (Å²) in [5.41, 5.74) is 0.622. The highest BCUT2D eigenvalue weighted by molar-refractivity contribution is 5.78. The molecule has 0 aliphatic heterocycles. The van der Waals surface area contributed by atoms with Crippen molar-refractivity contribution in [2.45, 2.75) is 58.2 Å². The number of benzene rings is 1. The minimum absolute atomic E-state index is 0.176. The smallest absolute Gasteiger partial charge is 0.189 e. The summed E-state index contributed by atoms with van der Waals surface area (Å²) in [5, 5.41) is 13.4. The molecule has 3 N–H and O–H groups in total. The average molecular weight is 320 g/mol. The lowest BCUT2D eigenvalue weighted by atomic mass is 10.00. The molecule has 4 nitrogen and oxygen atoms in total. The van der Waals surface area contributed by atoms with Gasteiger partial charge < -0.3 is 15.4 Å². The molecule has 23 heavy (non-hydrogen) atoms. The van der Waals surface area contributed by atoms with Crippen LogP contribution in [0.25, 0.3) is 10.9 Å². The van der Waals surface area contributed by atoms with Crippen LogP contribution in [0.2, 0.25) is 0 Å². The number of rotatable bonds is 7. The highest BCUT2D eigenvalue weighted by Gasteiger charge is 2.12. The Kier molecular flexibility index (Phi) is 5.55. The third-order valence-electron chi connectivity index (χ3n) is 3.91. The van der Waals surface area contributed by atoms with Gasteiger partial charge in [0.15, 0.2) is 5.43 Å². The van der Waals surface area contributed by atoms with Crippen LogP contribution in [0.1, 0.15) is 45.7 Å². The van der Waals surface area contributed by atoms with Crippen molar-refractivity contribution in [3.8, 4) is 0 Å². The Balaban J connectivity index is 1.94. The summed E-state index contributed by atoms with van der Waals surface area (Å²) in [6.07, 6.45) is 2.65. The molecule has 0 bridgehead atoms. The third kappa shape index (κ3) is 5.44. The minimum atomic E-state index is -0.626. The molecule has 0 saturated heterocycles. The zero-order valence-corrected chi connectivity index (χ0v) is 13.9. The monoisotopic (exact) mass is 320 g/mol. The first-order chi connectivity index (χ1) is 10.7. The van der Waals surface area contributed by atoms with Crippen molar-refractivity contribution in [1.82, 2.24) is 10.3 Å². The van der Waals surface area contributed by atoms with Crippen LogP contribution in [0, 0.1) is 5.82 Å². The molecule has 0 amide bonds. The zero-order valence-electron chi connectivity index (χ0n) is 13.9. The number of pyridine rings is 1. The van der Waals surface area contributed by atoms with Crippen molar-refractivity contribution in [2.24, 2.45) is 0 Å². The van der Waals surface area contributed by atoms with Gasteiger partial charge in [-0.15, -0.1) is 0 Å². The maximum atomic E-state index is 13.2. The molecule has 0 unspecified atom stereocenters. The van der Waals surface area contributed by atoms with Crippen molar-refractivity contribution >= 4 is 10.9 Å². The first-order valence-corrected chi connectivity index (χ1v) is 8.02. The van der Waals surface area contributed by atoms with Crippen LogP contribution in [-0.4, -0.2) is 21.7 Å². The number of hydrogen-bond acceptors (Lipinski definition) is 3. The van der Waals surface area contributed by atoms with E-state index in [1.54, 1.807) is 6.07 Å². The number of hydrogen-bond donors (Lipinski definition) is 3. The van der Waals surface area contributed by atoms with Crippen molar-refractivity contribution in [3.63, 3.8) is 0 Å². The molecule has 0 saturated carbocycles. The summed E-state index contributed by atoms with van der Waals surface area (Å²) in [7, 11) is 0. The molecule has 1 atom stereocenters. The molecule has 126 valence electrons. The van der Waals surface area contributed by atoms with Crippen molar-refractivity contribution in [2.75, 3.05) is 0 Å². The fourth-order valence-corrected chi connectivity index (χ4v) is 2.60. The van der Waals surface area contributed by atoms with Gasteiger partial charge in [-0.2, -0.15) is 0 Å². The van der Waals surface area contributed by atoms with E-state index in [0.717, 1.165) is 25.0 Å². The average Bonchev–Trinajstić information content (AvgIpc) is 2.44. The number of fused-ring (bicyclic) bond motifs is 1. The predicted octanol–water partition coefficient (Wildman–Crippen LogP) is 3.09. The minimum Gasteiger partial charge on any atom is -0.390 e. The van der Waals surface area contributed by atoms with Crippen molar-refractivity contribution < 1.29 is 9.50 Å². The summed E-state index contributed by atoms with van der Waals surface area (Å²) < 4.78 is 13.2. The Hall–Kier alpha value is -1.72. The molecule has 2 aromatic rings. The molecule has 1 aromatic heterocycles. The van der Waals surface area contributed by atoms with E-state index in [1.165, 1.54) is 18.2 Å². The lowest BCUT2D eigenvalue weighted by Gasteiger charge is -2.19. The summed E-state index contributed by atoms with van der Waals surface area (Å²) >= 11 is 0. The van der Waals surface area contributed by atoms with Gasteiger partial charge in [-0.05, 0) is 58.2 Å². The summed E-state index contributed by atoms with van der Waals surface area (Å²) in [6, 6.07) is 5.98. The first-order valence-electron chi connectivity index (χ1n) is 8.02. The molecule has 0 spiro atoms. The van der Waals surface area contributed by atoms with E-state index in [9.17, 15) is 14.3 Å². The van der Waals surface area contributed by atoms with Gasteiger partial charge in [-0.3, -0.25) is 4.79 Å². The second-order valence-electron chi connectivity index (χ2n) is 6.84. The van der Waals surface area contributed by atoms with Crippen LogP contribution < -0.4 is 10.7 Å². The molecule has 0 radical (unpaired) electrons. The van der Waals surface area contributed by atoms with Crippen LogP contribution in [0.15, 0.2) is 29.1 Å². The number of aliphatic hydroxyl groups is 1. The molecule has 0 aliphatic rings. The van der Waals surface area contributed by atoms with E-state index < -0.39 is 11.4 Å². The van der Waals surface area contributed by atoms with E-state index in [1.807, 2.05) is 13.8 Å². The van der Waals surface area contributed by atoms with Crippen LogP contribution in [0.5, 0.6) is 0 Å². The predicted molar refractivity (Wildman–Crippen MR) is 91.0 cm³/mol. The number of aromatic nitrogens is 1. The van der Waals surface area contributed by atoms with Gasteiger partial charge in [-0.1, -0.05) is 0 Å². The van der Waals surface area contributed by atoms with Crippen molar-refractivity contribution in [3.05, 3.63) is 46.0 Å². The lowest BCUT2D eigenvalue weighted by molar-refractivity contribution is 0.0675.